The third-order valence-electron chi connectivity index (χ3n) is 3.97. The van der Waals surface area contributed by atoms with Crippen molar-refractivity contribution in [1.82, 2.24) is 9.88 Å². The molecule has 1 saturated heterocycles. The minimum Gasteiger partial charge on any atom is -0.391 e. The standard InChI is InChI=1S/C16H21N3OS/c1-2-18-8-10-19(11-9-18)16-17-15(14(12-20)21-16)13-6-4-3-5-7-13/h3-7,20H,2,8-12H2,1H3. The van der Waals surface area contributed by atoms with Crippen molar-refractivity contribution >= 4 is 16.5 Å². The first-order chi connectivity index (χ1) is 10.3. The molecule has 112 valence electrons. The van der Waals surface area contributed by atoms with Gasteiger partial charge in [-0.25, -0.2) is 4.98 Å². The smallest absolute Gasteiger partial charge is 0.186 e. The molecule has 0 spiro atoms. The second-order valence-corrected chi connectivity index (χ2v) is 6.28. The largest absolute Gasteiger partial charge is 0.391 e. The van der Waals surface area contributed by atoms with E-state index in [9.17, 15) is 5.11 Å². The summed E-state index contributed by atoms with van der Waals surface area (Å²) in [6.07, 6.45) is 0. The van der Waals surface area contributed by atoms with Crippen LogP contribution in [-0.2, 0) is 6.61 Å². The van der Waals surface area contributed by atoms with Gasteiger partial charge in [-0.15, -0.1) is 0 Å². The number of rotatable bonds is 4. The second kappa shape index (κ2) is 6.56. The Kier molecular flexibility index (Phi) is 4.53. The van der Waals surface area contributed by atoms with Crippen LogP contribution in [0.25, 0.3) is 11.3 Å². The zero-order valence-electron chi connectivity index (χ0n) is 12.3. The Morgan fingerprint density at radius 1 is 1.14 bits per heavy atom. The molecule has 4 nitrogen and oxygen atoms in total. The van der Waals surface area contributed by atoms with E-state index < -0.39 is 0 Å². The lowest BCUT2D eigenvalue weighted by Crippen LogP contribution is -2.46. The number of benzene rings is 1. The fourth-order valence-corrected chi connectivity index (χ4v) is 3.65. The van der Waals surface area contributed by atoms with Crippen molar-refractivity contribution in [3.8, 4) is 11.3 Å². The fourth-order valence-electron chi connectivity index (χ4n) is 2.66. The Balaban J connectivity index is 1.83. The van der Waals surface area contributed by atoms with Crippen LogP contribution in [0.2, 0.25) is 0 Å². The fraction of sp³-hybridized carbons (Fsp3) is 0.438. The Labute approximate surface area is 129 Å². The molecule has 1 aromatic carbocycles. The predicted octanol–water partition coefficient (Wildman–Crippen LogP) is 2.44. The summed E-state index contributed by atoms with van der Waals surface area (Å²) >= 11 is 1.62. The molecule has 0 bridgehead atoms. The van der Waals surface area contributed by atoms with Gasteiger partial charge in [-0.05, 0) is 6.54 Å². The number of nitrogens with zero attached hydrogens (tertiary/aromatic N) is 3. The normalized spacial score (nSPS) is 16.4. The van der Waals surface area contributed by atoms with E-state index in [1.54, 1.807) is 11.3 Å². The molecule has 0 unspecified atom stereocenters. The van der Waals surface area contributed by atoms with Crippen LogP contribution < -0.4 is 4.90 Å². The number of anilines is 1. The minimum absolute atomic E-state index is 0.0524. The summed E-state index contributed by atoms with van der Waals surface area (Å²) in [5.41, 5.74) is 2.01. The Bertz CT molecular complexity index is 576. The van der Waals surface area contributed by atoms with Gasteiger partial charge in [0.15, 0.2) is 5.13 Å². The molecule has 1 N–H and O–H groups in total. The molecule has 0 radical (unpaired) electrons. The van der Waals surface area contributed by atoms with Crippen LogP contribution in [0.4, 0.5) is 5.13 Å². The van der Waals surface area contributed by atoms with Crippen LogP contribution in [0.3, 0.4) is 0 Å². The SMILES string of the molecule is CCN1CCN(c2nc(-c3ccccc3)c(CO)s2)CC1. The summed E-state index contributed by atoms with van der Waals surface area (Å²) in [7, 11) is 0. The van der Waals surface area contributed by atoms with Gasteiger partial charge in [0.2, 0.25) is 0 Å². The van der Waals surface area contributed by atoms with Gasteiger partial charge in [-0.1, -0.05) is 48.6 Å². The number of piperazine rings is 1. The van der Waals surface area contributed by atoms with Crippen molar-refractivity contribution < 1.29 is 5.11 Å². The second-order valence-electron chi connectivity index (χ2n) is 5.21. The maximum Gasteiger partial charge on any atom is 0.186 e. The summed E-state index contributed by atoms with van der Waals surface area (Å²) in [5, 5.41) is 10.7. The van der Waals surface area contributed by atoms with E-state index in [2.05, 4.69) is 16.7 Å². The van der Waals surface area contributed by atoms with Crippen LogP contribution >= 0.6 is 11.3 Å². The number of aliphatic hydroxyl groups excluding tert-OH is 1. The molecule has 0 amide bonds. The number of hydrogen-bond acceptors (Lipinski definition) is 5. The van der Waals surface area contributed by atoms with Gasteiger partial charge < -0.3 is 14.9 Å². The molecule has 1 aliphatic heterocycles. The van der Waals surface area contributed by atoms with Gasteiger partial charge in [0.1, 0.15) is 0 Å². The zero-order valence-corrected chi connectivity index (χ0v) is 13.1. The molecule has 0 atom stereocenters. The van der Waals surface area contributed by atoms with Gasteiger partial charge in [-0.2, -0.15) is 0 Å². The van der Waals surface area contributed by atoms with Gasteiger partial charge in [0, 0.05) is 31.7 Å². The molecule has 2 aromatic rings. The van der Waals surface area contributed by atoms with Crippen molar-refractivity contribution in [2.45, 2.75) is 13.5 Å². The molecule has 1 aliphatic rings. The van der Waals surface area contributed by atoms with Crippen LogP contribution in [-0.4, -0.2) is 47.7 Å². The lowest BCUT2D eigenvalue weighted by Gasteiger charge is -2.33. The number of likely N-dealkylation sites (N-methyl/N-ethyl adjacent to an activating group) is 1. The average molecular weight is 303 g/mol. The molecule has 5 heteroatoms. The molecule has 2 heterocycles. The topological polar surface area (TPSA) is 39.6 Å². The Morgan fingerprint density at radius 3 is 2.48 bits per heavy atom. The third kappa shape index (κ3) is 3.10. The summed E-state index contributed by atoms with van der Waals surface area (Å²) < 4.78 is 0. The lowest BCUT2D eigenvalue weighted by molar-refractivity contribution is 0.271. The third-order valence-corrected chi connectivity index (χ3v) is 5.07. The van der Waals surface area contributed by atoms with Crippen LogP contribution in [0.1, 0.15) is 11.8 Å². The quantitative estimate of drug-likeness (QED) is 0.942. The molecule has 0 saturated carbocycles. The Morgan fingerprint density at radius 2 is 1.86 bits per heavy atom. The highest BCUT2D eigenvalue weighted by atomic mass is 32.1. The predicted molar refractivity (Wildman–Crippen MR) is 87.8 cm³/mol. The lowest BCUT2D eigenvalue weighted by atomic mass is 10.1. The average Bonchev–Trinajstić information content (AvgIpc) is 3.00. The van der Waals surface area contributed by atoms with E-state index in [1.807, 2.05) is 30.3 Å². The first kappa shape index (κ1) is 14.5. The van der Waals surface area contributed by atoms with E-state index in [-0.39, 0.29) is 6.61 Å². The summed E-state index contributed by atoms with van der Waals surface area (Å²) in [4.78, 5) is 10.5. The molecule has 0 aliphatic carbocycles. The highest BCUT2D eigenvalue weighted by Gasteiger charge is 2.21. The molecule has 1 fully saturated rings. The first-order valence-corrected chi connectivity index (χ1v) is 8.26. The van der Waals surface area contributed by atoms with Crippen molar-refractivity contribution in [2.75, 3.05) is 37.6 Å². The van der Waals surface area contributed by atoms with Crippen LogP contribution in [0.15, 0.2) is 30.3 Å². The maximum atomic E-state index is 9.62. The van der Waals surface area contributed by atoms with Gasteiger partial charge in [-0.3, -0.25) is 0 Å². The number of thiazole rings is 1. The summed E-state index contributed by atoms with van der Waals surface area (Å²) in [5.74, 6) is 0. The van der Waals surface area contributed by atoms with Crippen molar-refractivity contribution in [1.29, 1.82) is 0 Å². The minimum atomic E-state index is 0.0524. The monoisotopic (exact) mass is 303 g/mol. The van der Waals surface area contributed by atoms with Crippen LogP contribution in [0.5, 0.6) is 0 Å². The molecular formula is C16H21N3OS. The van der Waals surface area contributed by atoms with Crippen molar-refractivity contribution in [3.63, 3.8) is 0 Å². The zero-order chi connectivity index (χ0) is 14.7. The first-order valence-electron chi connectivity index (χ1n) is 7.45. The van der Waals surface area contributed by atoms with Crippen molar-refractivity contribution in [3.05, 3.63) is 35.2 Å². The van der Waals surface area contributed by atoms with Gasteiger partial charge in [0.25, 0.3) is 0 Å². The molecule has 1 aromatic heterocycles. The number of aromatic nitrogens is 1. The van der Waals surface area contributed by atoms with Gasteiger partial charge >= 0.3 is 0 Å². The molecule has 3 rings (SSSR count). The van der Waals surface area contributed by atoms with E-state index in [0.717, 1.165) is 54.0 Å². The Hall–Kier alpha value is -1.43. The number of aliphatic hydroxyl groups is 1. The van der Waals surface area contributed by atoms with Crippen LogP contribution in [0, 0.1) is 0 Å². The van der Waals surface area contributed by atoms with Gasteiger partial charge in [0.05, 0.1) is 17.2 Å². The molecular weight excluding hydrogens is 282 g/mol. The van der Waals surface area contributed by atoms with E-state index in [1.165, 1.54) is 0 Å². The summed E-state index contributed by atoms with van der Waals surface area (Å²) in [6.45, 7) is 7.58. The molecule has 21 heavy (non-hydrogen) atoms. The maximum absolute atomic E-state index is 9.62. The van der Waals surface area contributed by atoms with E-state index in [0.29, 0.717) is 0 Å². The highest BCUT2D eigenvalue weighted by Crippen LogP contribution is 2.33. The van der Waals surface area contributed by atoms with E-state index >= 15 is 0 Å². The number of hydrogen-bond donors (Lipinski definition) is 1. The van der Waals surface area contributed by atoms with Crippen molar-refractivity contribution in [2.24, 2.45) is 0 Å². The summed E-state index contributed by atoms with van der Waals surface area (Å²) in [6, 6.07) is 10.1. The highest BCUT2D eigenvalue weighted by molar-refractivity contribution is 7.16. The van der Waals surface area contributed by atoms with E-state index in [4.69, 9.17) is 4.98 Å².